The molecule has 11 heteroatoms. The highest BCUT2D eigenvalue weighted by atomic mass is 35.5. The van der Waals surface area contributed by atoms with Gasteiger partial charge >= 0.3 is 0 Å². The van der Waals surface area contributed by atoms with Crippen LogP contribution in [0.2, 0.25) is 10.0 Å². The third kappa shape index (κ3) is 8.64. The van der Waals surface area contributed by atoms with Crippen molar-refractivity contribution in [2.45, 2.75) is 19.9 Å². The zero-order chi connectivity index (χ0) is 30.1. The van der Waals surface area contributed by atoms with E-state index in [1.807, 2.05) is 37.3 Å². The molecule has 0 spiro atoms. The highest BCUT2D eigenvalue weighted by molar-refractivity contribution is 6.42. The van der Waals surface area contributed by atoms with Crippen molar-refractivity contribution < 1.29 is 28.2 Å². The summed E-state index contributed by atoms with van der Waals surface area (Å²) in [6.07, 6.45) is 0.570. The molecule has 1 fully saturated rings. The number of furan rings is 1. The second-order valence-corrected chi connectivity index (χ2v) is 10.9. The predicted octanol–water partition coefficient (Wildman–Crippen LogP) is 4.96. The van der Waals surface area contributed by atoms with Crippen molar-refractivity contribution in [2.24, 2.45) is 0 Å². The number of carbonyl (C=O) groups excluding carboxylic acids is 2. The number of aryl methyl sites for hydroxylation is 1. The summed E-state index contributed by atoms with van der Waals surface area (Å²) in [7, 11) is 3.18. The van der Waals surface area contributed by atoms with Gasteiger partial charge in [0.25, 0.3) is 5.91 Å². The maximum Gasteiger partial charge on any atom is 0.254 e. The number of methoxy groups -OCH3 is 2. The van der Waals surface area contributed by atoms with Gasteiger partial charge in [0.15, 0.2) is 11.5 Å². The van der Waals surface area contributed by atoms with Crippen molar-refractivity contribution in [3.63, 3.8) is 0 Å². The van der Waals surface area contributed by atoms with Gasteiger partial charge in [0.2, 0.25) is 5.91 Å². The number of hydrogen-bond acceptors (Lipinski definition) is 7. The lowest BCUT2D eigenvalue weighted by Crippen LogP contribution is -2.47. The molecule has 1 aliphatic heterocycles. The predicted molar refractivity (Wildman–Crippen MR) is 162 cm³/mol. The summed E-state index contributed by atoms with van der Waals surface area (Å²) in [6, 6.07) is 14.2. The smallest absolute Gasteiger partial charge is 0.254 e. The number of amides is 2. The molecule has 0 saturated carbocycles. The molecule has 226 valence electrons. The standard InChI is InChI=1S/C31H37Cl2N3O6/c1-22-4-7-25(42-22)20-35(11-10-23-5-9-28(39-2)29(18-23)40-3)30(37)21-36(13-12-34-14-16-41-17-15-34)31(38)24-6-8-26(32)27(33)19-24/h4-9,18-19H,10-17,20-21H2,1-3H3. The second-order valence-electron chi connectivity index (χ2n) is 10.1. The number of carbonyl (C=O) groups is 2. The minimum Gasteiger partial charge on any atom is -0.493 e. The van der Waals surface area contributed by atoms with Crippen LogP contribution in [-0.2, 0) is 22.5 Å². The molecule has 2 aromatic carbocycles. The molecular formula is C31H37Cl2N3O6. The van der Waals surface area contributed by atoms with Gasteiger partial charge in [-0.05, 0) is 61.4 Å². The second kappa shape index (κ2) is 15.3. The summed E-state index contributed by atoms with van der Waals surface area (Å²) in [5, 5.41) is 0.644. The third-order valence-electron chi connectivity index (χ3n) is 7.18. The monoisotopic (exact) mass is 617 g/mol. The largest absolute Gasteiger partial charge is 0.493 e. The first-order valence-corrected chi connectivity index (χ1v) is 14.6. The lowest BCUT2D eigenvalue weighted by Gasteiger charge is -2.31. The molecule has 1 aliphatic rings. The minimum absolute atomic E-state index is 0.102. The number of ether oxygens (including phenoxy) is 3. The van der Waals surface area contributed by atoms with E-state index in [9.17, 15) is 9.59 Å². The van der Waals surface area contributed by atoms with Crippen LogP contribution in [-0.4, -0.2) is 93.2 Å². The molecule has 2 amide bonds. The molecule has 0 radical (unpaired) electrons. The van der Waals surface area contributed by atoms with E-state index in [0.29, 0.717) is 67.1 Å². The van der Waals surface area contributed by atoms with Crippen LogP contribution >= 0.6 is 23.2 Å². The van der Waals surface area contributed by atoms with Gasteiger partial charge in [-0.2, -0.15) is 0 Å². The van der Waals surface area contributed by atoms with Crippen LogP contribution in [0.15, 0.2) is 52.9 Å². The van der Waals surface area contributed by atoms with Gasteiger partial charge in [-0.3, -0.25) is 14.5 Å². The molecule has 0 aliphatic carbocycles. The van der Waals surface area contributed by atoms with Gasteiger partial charge in [-0.25, -0.2) is 0 Å². The maximum absolute atomic E-state index is 13.9. The summed E-state index contributed by atoms with van der Waals surface area (Å²) in [6.45, 7) is 6.28. The van der Waals surface area contributed by atoms with E-state index in [2.05, 4.69) is 4.90 Å². The van der Waals surface area contributed by atoms with Crippen molar-refractivity contribution in [2.75, 3.05) is 66.7 Å². The molecule has 0 N–H and O–H groups in total. The van der Waals surface area contributed by atoms with E-state index in [0.717, 1.165) is 24.4 Å². The Morgan fingerprint density at radius 2 is 1.67 bits per heavy atom. The van der Waals surface area contributed by atoms with Gasteiger partial charge in [0, 0.05) is 38.3 Å². The summed E-state index contributed by atoms with van der Waals surface area (Å²) >= 11 is 12.3. The molecule has 1 aromatic heterocycles. The fourth-order valence-corrected chi connectivity index (χ4v) is 5.06. The topological polar surface area (TPSA) is 84.7 Å². The van der Waals surface area contributed by atoms with Gasteiger partial charge in [-0.15, -0.1) is 0 Å². The van der Waals surface area contributed by atoms with E-state index >= 15 is 0 Å². The van der Waals surface area contributed by atoms with E-state index in [4.69, 9.17) is 41.8 Å². The van der Waals surface area contributed by atoms with E-state index in [-0.39, 0.29) is 29.9 Å². The summed E-state index contributed by atoms with van der Waals surface area (Å²) in [5.74, 6) is 2.21. The molecule has 0 atom stereocenters. The number of rotatable bonds is 13. The molecule has 9 nitrogen and oxygen atoms in total. The number of benzene rings is 2. The Kier molecular flexibility index (Phi) is 11.5. The van der Waals surface area contributed by atoms with Gasteiger partial charge in [0.05, 0.1) is 44.0 Å². The number of halogens is 2. The first-order chi connectivity index (χ1) is 20.3. The molecular weight excluding hydrogens is 581 g/mol. The van der Waals surface area contributed by atoms with Crippen LogP contribution in [0.1, 0.15) is 27.4 Å². The number of morpholine rings is 1. The molecule has 4 rings (SSSR count). The Morgan fingerprint density at radius 1 is 0.905 bits per heavy atom. The Balaban J connectivity index is 1.53. The quantitative estimate of drug-likeness (QED) is 0.268. The van der Waals surface area contributed by atoms with Crippen molar-refractivity contribution in [1.29, 1.82) is 0 Å². The van der Waals surface area contributed by atoms with Gasteiger partial charge in [0.1, 0.15) is 18.1 Å². The van der Waals surface area contributed by atoms with Gasteiger partial charge in [-0.1, -0.05) is 29.3 Å². The Bertz CT molecular complexity index is 1360. The molecule has 0 unspecified atom stereocenters. The van der Waals surface area contributed by atoms with Crippen LogP contribution in [0.4, 0.5) is 0 Å². The zero-order valence-corrected chi connectivity index (χ0v) is 25.7. The molecule has 1 saturated heterocycles. The SMILES string of the molecule is COc1ccc(CCN(Cc2ccc(C)o2)C(=O)CN(CCN2CCOCC2)C(=O)c2ccc(Cl)c(Cl)c2)cc1OC. The highest BCUT2D eigenvalue weighted by Gasteiger charge is 2.25. The Hall–Kier alpha value is -3.24. The summed E-state index contributed by atoms with van der Waals surface area (Å²) in [4.78, 5) is 33.1. The lowest BCUT2D eigenvalue weighted by atomic mass is 10.1. The maximum atomic E-state index is 13.9. The molecule has 2 heterocycles. The van der Waals surface area contributed by atoms with Crippen molar-refractivity contribution >= 4 is 35.0 Å². The van der Waals surface area contributed by atoms with Crippen molar-refractivity contribution in [3.05, 3.63) is 81.2 Å². The fourth-order valence-electron chi connectivity index (χ4n) is 4.76. The Labute approximate surface area is 256 Å². The van der Waals surface area contributed by atoms with Crippen LogP contribution < -0.4 is 9.47 Å². The minimum atomic E-state index is -0.288. The average molecular weight is 619 g/mol. The zero-order valence-electron chi connectivity index (χ0n) is 24.2. The highest BCUT2D eigenvalue weighted by Crippen LogP contribution is 2.28. The summed E-state index contributed by atoms with van der Waals surface area (Å²) < 4.78 is 22.1. The van der Waals surface area contributed by atoms with Crippen LogP contribution in [0.5, 0.6) is 11.5 Å². The summed E-state index contributed by atoms with van der Waals surface area (Å²) in [5.41, 5.74) is 1.36. The van der Waals surface area contributed by atoms with Crippen LogP contribution in [0, 0.1) is 6.92 Å². The van der Waals surface area contributed by atoms with Crippen LogP contribution in [0.3, 0.4) is 0 Å². The van der Waals surface area contributed by atoms with E-state index in [1.54, 1.807) is 42.2 Å². The van der Waals surface area contributed by atoms with Crippen LogP contribution in [0.25, 0.3) is 0 Å². The number of nitrogens with zero attached hydrogens (tertiary/aromatic N) is 3. The first-order valence-electron chi connectivity index (χ1n) is 13.9. The first kappa shape index (κ1) is 31.7. The average Bonchev–Trinajstić information content (AvgIpc) is 3.42. The normalized spacial score (nSPS) is 13.5. The Morgan fingerprint density at radius 3 is 2.33 bits per heavy atom. The lowest BCUT2D eigenvalue weighted by molar-refractivity contribution is -0.132. The van der Waals surface area contributed by atoms with E-state index < -0.39 is 0 Å². The molecule has 42 heavy (non-hydrogen) atoms. The van der Waals surface area contributed by atoms with Gasteiger partial charge < -0.3 is 28.4 Å². The molecule has 0 bridgehead atoms. The fraction of sp³-hybridized carbons (Fsp3) is 0.419. The van der Waals surface area contributed by atoms with Crippen molar-refractivity contribution in [3.8, 4) is 11.5 Å². The number of hydrogen-bond donors (Lipinski definition) is 0. The third-order valence-corrected chi connectivity index (χ3v) is 7.92. The van der Waals surface area contributed by atoms with E-state index in [1.165, 1.54) is 0 Å². The van der Waals surface area contributed by atoms with Crippen molar-refractivity contribution in [1.82, 2.24) is 14.7 Å². The molecule has 3 aromatic rings.